The number of halogens is 1. The molecule has 130 valence electrons. The molecule has 0 bridgehead atoms. The molecule has 0 radical (unpaired) electrons. The highest BCUT2D eigenvalue weighted by Crippen LogP contribution is 2.25. The fraction of sp³-hybridized carbons (Fsp3) is 0.263. The Kier molecular flexibility index (Phi) is 5.66. The first-order valence-electron chi connectivity index (χ1n) is 8.13. The van der Waals surface area contributed by atoms with E-state index in [1.807, 2.05) is 23.3 Å². The van der Waals surface area contributed by atoms with Gasteiger partial charge in [-0.2, -0.15) is 0 Å². The molecule has 1 fully saturated rings. The van der Waals surface area contributed by atoms with Crippen molar-refractivity contribution in [1.82, 2.24) is 4.90 Å². The van der Waals surface area contributed by atoms with E-state index in [0.29, 0.717) is 21.8 Å². The normalized spacial score (nSPS) is 13.8. The van der Waals surface area contributed by atoms with Crippen LogP contribution in [0.2, 0.25) is 5.02 Å². The molecular weight excluding hydrogens is 356 g/mol. The lowest BCUT2D eigenvalue weighted by atomic mass is 10.1. The summed E-state index contributed by atoms with van der Waals surface area (Å²) in [5.41, 5.74) is 1.46. The Morgan fingerprint density at radius 1 is 1.08 bits per heavy atom. The number of carbonyl (C=O) groups excluding carboxylic acids is 2. The van der Waals surface area contributed by atoms with Crippen molar-refractivity contribution in [3.8, 4) is 0 Å². The van der Waals surface area contributed by atoms with Gasteiger partial charge in [0.25, 0.3) is 11.8 Å². The number of rotatable bonds is 4. The van der Waals surface area contributed by atoms with E-state index in [1.54, 1.807) is 42.1 Å². The number of hydrogen-bond acceptors (Lipinski definition) is 3. The molecule has 0 saturated carbocycles. The van der Waals surface area contributed by atoms with Crippen molar-refractivity contribution in [3.05, 3.63) is 58.6 Å². The van der Waals surface area contributed by atoms with Crippen LogP contribution in [-0.4, -0.2) is 36.1 Å². The maximum Gasteiger partial charge on any atom is 0.255 e. The fourth-order valence-corrected chi connectivity index (χ4v) is 3.41. The van der Waals surface area contributed by atoms with Crippen molar-refractivity contribution in [2.75, 3.05) is 24.7 Å². The van der Waals surface area contributed by atoms with Gasteiger partial charge < -0.3 is 10.2 Å². The van der Waals surface area contributed by atoms with Crippen LogP contribution in [0.5, 0.6) is 0 Å². The van der Waals surface area contributed by atoms with Crippen LogP contribution in [0.3, 0.4) is 0 Å². The van der Waals surface area contributed by atoms with Crippen LogP contribution in [0.25, 0.3) is 0 Å². The Morgan fingerprint density at radius 2 is 1.76 bits per heavy atom. The molecule has 0 spiro atoms. The van der Waals surface area contributed by atoms with Crippen LogP contribution in [0.1, 0.15) is 33.6 Å². The molecule has 1 aliphatic heterocycles. The van der Waals surface area contributed by atoms with E-state index in [9.17, 15) is 9.59 Å². The van der Waals surface area contributed by atoms with E-state index < -0.39 is 0 Å². The zero-order valence-electron chi connectivity index (χ0n) is 13.9. The predicted octanol–water partition coefficient (Wildman–Crippen LogP) is 4.55. The molecule has 0 aromatic heterocycles. The average Bonchev–Trinajstić information content (AvgIpc) is 3.16. The Balaban J connectivity index is 1.84. The monoisotopic (exact) mass is 374 g/mol. The molecule has 3 rings (SSSR count). The number of carbonyl (C=O) groups is 2. The van der Waals surface area contributed by atoms with Crippen LogP contribution in [0, 0.1) is 0 Å². The van der Waals surface area contributed by atoms with Crippen LogP contribution < -0.4 is 5.32 Å². The maximum atomic E-state index is 12.7. The molecule has 4 nitrogen and oxygen atoms in total. The minimum atomic E-state index is -0.259. The molecule has 2 aromatic rings. The minimum Gasteiger partial charge on any atom is -0.339 e. The number of likely N-dealkylation sites (tertiary alicyclic amines) is 1. The number of nitrogens with one attached hydrogen (secondary N) is 1. The van der Waals surface area contributed by atoms with E-state index >= 15 is 0 Å². The van der Waals surface area contributed by atoms with Gasteiger partial charge in [-0.25, -0.2) is 0 Å². The molecular formula is C19H19ClN2O2S. The maximum absolute atomic E-state index is 12.7. The minimum absolute atomic E-state index is 0.0674. The number of thioether (sulfide) groups is 1. The van der Waals surface area contributed by atoms with Crippen LogP contribution in [0.4, 0.5) is 5.69 Å². The van der Waals surface area contributed by atoms with Crippen molar-refractivity contribution < 1.29 is 9.59 Å². The summed E-state index contributed by atoms with van der Waals surface area (Å²) in [6.45, 7) is 1.51. The van der Waals surface area contributed by atoms with Gasteiger partial charge in [0.15, 0.2) is 0 Å². The van der Waals surface area contributed by atoms with Crippen molar-refractivity contribution in [1.29, 1.82) is 0 Å². The zero-order chi connectivity index (χ0) is 17.8. The molecule has 2 aromatic carbocycles. The second-order valence-corrected chi connectivity index (χ2v) is 7.19. The molecule has 0 aliphatic carbocycles. The van der Waals surface area contributed by atoms with Crippen LogP contribution >= 0.6 is 23.4 Å². The van der Waals surface area contributed by atoms with Gasteiger partial charge in [0.05, 0.1) is 11.3 Å². The largest absolute Gasteiger partial charge is 0.339 e. The molecule has 0 unspecified atom stereocenters. The lowest BCUT2D eigenvalue weighted by molar-refractivity contribution is 0.0794. The summed E-state index contributed by atoms with van der Waals surface area (Å²) in [6, 6.07) is 12.3. The summed E-state index contributed by atoms with van der Waals surface area (Å²) >= 11 is 7.69. The Labute approximate surface area is 156 Å². The summed E-state index contributed by atoms with van der Waals surface area (Å²) in [5, 5.41) is 3.31. The Morgan fingerprint density at radius 3 is 2.40 bits per heavy atom. The first kappa shape index (κ1) is 17.8. The van der Waals surface area contributed by atoms with Gasteiger partial charge in [0, 0.05) is 28.6 Å². The van der Waals surface area contributed by atoms with Crippen molar-refractivity contribution in [2.45, 2.75) is 17.7 Å². The van der Waals surface area contributed by atoms with Crippen molar-refractivity contribution in [2.24, 2.45) is 0 Å². The van der Waals surface area contributed by atoms with Crippen LogP contribution in [-0.2, 0) is 0 Å². The first-order valence-corrected chi connectivity index (χ1v) is 9.73. The number of nitrogens with zero attached hydrogens (tertiary/aromatic N) is 1. The van der Waals surface area contributed by atoms with Gasteiger partial charge in [-0.3, -0.25) is 9.59 Å². The van der Waals surface area contributed by atoms with E-state index in [1.165, 1.54) is 0 Å². The summed E-state index contributed by atoms with van der Waals surface area (Å²) in [7, 11) is 0. The third-order valence-electron chi connectivity index (χ3n) is 4.21. The Bertz CT molecular complexity index is 787. The molecule has 1 saturated heterocycles. The van der Waals surface area contributed by atoms with Crippen molar-refractivity contribution >= 4 is 40.9 Å². The highest BCUT2D eigenvalue weighted by molar-refractivity contribution is 7.98. The highest BCUT2D eigenvalue weighted by Gasteiger charge is 2.23. The SMILES string of the molecule is CSc1ccc(C(=O)Nc2cc(Cl)ccc2C(=O)N2CCCC2)cc1. The molecule has 1 aliphatic rings. The summed E-state index contributed by atoms with van der Waals surface area (Å²) in [6.07, 6.45) is 4.02. The second kappa shape index (κ2) is 7.93. The van der Waals surface area contributed by atoms with E-state index in [0.717, 1.165) is 30.8 Å². The molecule has 0 atom stereocenters. The van der Waals surface area contributed by atoms with Crippen molar-refractivity contribution in [3.63, 3.8) is 0 Å². The van der Waals surface area contributed by atoms with Gasteiger partial charge in [0.2, 0.25) is 0 Å². The number of benzene rings is 2. The Hall–Kier alpha value is -1.98. The molecule has 25 heavy (non-hydrogen) atoms. The lowest BCUT2D eigenvalue weighted by Gasteiger charge is -2.18. The van der Waals surface area contributed by atoms with Gasteiger partial charge >= 0.3 is 0 Å². The summed E-state index contributed by atoms with van der Waals surface area (Å²) in [5.74, 6) is -0.326. The van der Waals surface area contributed by atoms with E-state index in [2.05, 4.69) is 5.32 Å². The summed E-state index contributed by atoms with van der Waals surface area (Å²) in [4.78, 5) is 28.1. The average molecular weight is 375 g/mol. The van der Waals surface area contributed by atoms with Gasteiger partial charge in [-0.05, 0) is 61.6 Å². The first-order chi connectivity index (χ1) is 12.1. The standard InChI is InChI=1S/C19H19ClN2O2S/c1-25-15-7-4-13(5-8-15)18(23)21-17-12-14(20)6-9-16(17)19(24)22-10-2-3-11-22/h4-9,12H,2-3,10-11H2,1H3,(H,21,23). The number of amides is 2. The smallest absolute Gasteiger partial charge is 0.255 e. The second-order valence-electron chi connectivity index (χ2n) is 5.87. The molecule has 6 heteroatoms. The summed E-state index contributed by atoms with van der Waals surface area (Å²) < 4.78 is 0. The van der Waals surface area contributed by atoms with Gasteiger partial charge in [0.1, 0.15) is 0 Å². The van der Waals surface area contributed by atoms with E-state index in [4.69, 9.17) is 11.6 Å². The quantitative estimate of drug-likeness (QED) is 0.798. The fourth-order valence-electron chi connectivity index (χ4n) is 2.83. The molecule has 2 amide bonds. The third-order valence-corrected chi connectivity index (χ3v) is 5.18. The van der Waals surface area contributed by atoms with Gasteiger partial charge in [-0.1, -0.05) is 11.6 Å². The van der Waals surface area contributed by atoms with E-state index in [-0.39, 0.29) is 11.8 Å². The highest BCUT2D eigenvalue weighted by atomic mass is 35.5. The topological polar surface area (TPSA) is 49.4 Å². The number of hydrogen-bond donors (Lipinski definition) is 1. The zero-order valence-corrected chi connectivity index (χ0v) is 15.5. The molecule has 1 heterocycles. The lowest BCUT2D eigenvalue weighted by Crippen LogP contribution is -2.28. The third kappa shape index (κ3) is 4.17. The number of anilines is 1. The van der Waals surface area contributed by atoms with Crippen LogP contribution in [0.15, 0.2) is 47.4 Å². The predicted molar refractivity (Wildman–Crippen MR) is 103 cm³/mol. The van der Waals surface area contributed by atoms with Gasteiger partial charge in [-0.15, -0.1) is 11.8 Å². The molecule has 1 N–H and O–H groups in total.